The van der Waals surface area contributed by atoms with E-state index in [2.05, 4.69) is 13.8 Å². The summed E-state index contributed by atoms with van der Waals surface area (Å²) in [7, 11) is 0. The second-order valence-electron chi connectivity index (χ2n) is 7.08. The molecule has 0 aromatic rings. The van der Waals surface area contributed by atoms with Crippen LogP contribution >= 0.6 is 0 Å². The maximum atomic E-state index is 9.32. The molecule has 98 valence electrons. The van der Waals surface area contributed by atoms with Gasteiger partial charge in [-0.2, -0.15) is 0 Å². The molecule has 4 aliphatic rings. The van der Waals surface area contributed by atoms with Gasteiger partial charge < -0.3 is 15.6 Å². The highest BCUT2D eigenvalue weighted by atomic mass is 16.5. The number of rotatable bonds is 2. The fraction of sp³-hybridized carbons (Fsp3) is 1.00. The summed E-state index contributed by atoms with van der Waals surface area (Å²) in [6, 6.07) is 0. The molecule has 17 heavy (non-hydrogen) atoms. The van der Waals surface area contributed by atoms with Crippen molar-refractivity contribution in [1.29, 1.82) is 0 Å². The molecule has 4 fully saturated rings. The van der Waals surface area contributed by atoms with Crippen LogP contribution in [0.2, 0.25) is 0 Å². The van der Waals surface area contributed by atoms with Crippen molar-refractivity contribution in [2.24, 2.45) is 17.6 Å². The topological polar surface area (TPSA) is 55.5 Å². The average molecular weight is 239 g/mol. The second-order valence-corrected chi connectivity index (χ2v) is 7.08. The van der Waals surface area contributed by atoms with E-state index in [1.54, 1.807) is 0 Å². The molecular weight excluding hydrogens is 214 g/mol. The molecule has 2 aliphatic carbocycles. The normalized spacial score (nSPS) is 57.2. The van der Waals surface area contributed by atoms with Crippen LogP contribution in [0.3, 0.4) is 0 Å². The summed E-state index contributed by atoms with van der Waals surface area (Å²) in [6.07, 6.45) is 6.50. The zero-order valence-electron chi connectivity index (χ0n) is 11.0. The van der Waals surface area contributed by atoms with Gasteiger partial charge in [0, 0.05) is 18.1 Å². The zero-order valence-corrected chi connectivity index (χ0v) is 11.0. The van der Waals surface area contributed by atoms with Crippen LogP contribution in [-0.2, 0) is 4.74 Å². The van der Waals surface area contributed by atoms with Gasteiger partial charge in [-0.05, 0) is 51.9 Å². The summed E-state index contributed by atoms with van der Waals surface area (Å²) in [6.45, 7) is 4.67. The van der Waals surface area contributed by atoms with Gasteiger partial charge in [-0.3, -0.25) is 0 Å². The number of nitrogens with two attached hydrogens (primary N) is 1. The Hall–Kier alpha value is -0.120. The van der Waals surface area contributed by atoms with Gasteiger partial charge >= 0.3 is 0 Å². The van der Waals surface area contributed by atoms with Crippen molar-refractivity contribution in [3.05, 3.63) is 0 Å². The van der Waals surface area contributed by atoms with Gasteiger partial charge in [0.25, 0.3) is 0 Å². The minimum absolute atomic E-state index is 0.0436. The molecule has 0 aromatic carbocycles. The van der Waals surface area contributed by atoms with E-state index in [1.807, 2.05) is 0 Å². The molecule has 3 nitrogen and oxygen atoms in total. The van der Waals surface area contributed by atoms with Gasteiger partial charge in [-0.1, -0.05) is 6.42 Å². The van der Waals surface area contributed by atoms with Crippen LogP contribution in [0.5, 0.6) is 0 Å². The smallest absolute Gasteiger partial charge is 0.0710 e. The minimum Gasteiger partial charge on any atom is -0.396 e. The Balaban J connectivity index is 2.01. The van der Waals surface area contributed by atoms with Gasteiger partial charge in [0.15, 0.2) is 0 Å². The molecule has 2 aliphatic heterocycles. The Kier molecular flexibility index (Phi) is 2.43. The molecule has 5 atom stereocenters. The van der Waals surface area contributed by atoms with Crippen LogP contribution in [0.15, 0.2) is 0 Å². The first-order valence-electron chi connectivity index (χ1n) is 7.01. The van der Waals surface area contributed by atoms with E-state index in [4.69, 9.17) is 10.5 Å². The fourth-order valence-corrected chi connectivity index (χ4v) is 5.47. The standard InChI is InChI=1S/C14H25NO2/c1-12-8-10-4-3-5-13(2,17-12)11(10)14(15,9-12)6-7-16/h10-11,16H,3-9,15H2,1-2H3/t10-,11+,12+,13-,14+/m1/s1. The van der Waals surface area contributed by atoms with Crippen LogP contribution in [0.1, 0.15) is 52.4 Å². The maximum Gasteiger partial charge on any atom is 0.0710 e. The molecule has 2 heterocycles. The second kappa shape index (κ2) is 3.46. The van der Waals surface area contributed by atoms with Gasteiger partial charge in [-0.25, -0.2) is 0 Å². The lowest BCUT2D eigenvalue weighted by Gasteiger charge is -2.67. The minimum atomic E-state index is -0.208. The highest BCUT2D eigenvalue weighted by molar-refractivity contribution is 5.17. The van der Waals surface area contributed by atoms with Gasteiger partial charge in [-0.15, -0.1) is 0 Å². The van der Waals surface area contributed by atoms with Crippen molar-refractivity contribution in [2.75, 3.05) is 6.61 Å². The van der Waals surface area contributed by atoms with Crippen molar-refractivity contribution in [3.63, 3.8) is 0 Å². The molecule has 0 unspecified atom stereocenters. The first kappa shape index (κ1) is 11.9. The summed E-state index contributed by atoms with van der Waals surface area (Å²) < 4.78 is 6.41. The van der Waals surface area contributed by atoms with E-state index in [0.717, 1.165) is 25.7 Å². The number of hydrogen-bond donors (Lipinski definition) is 2. The predicted octanol–water partition coefficient (Wildman–Crippen LogP) is 1.82. The molecule has 3 N–H and O–H groups in total. The SMILES string of the molecule is C[C@@]12C[C@H]3CCC[C@@](C)(O1)[C@H]3[C@](N)(CCO)C2. The van der Waals surface area contributed by atoms with Crippen molar-refractivity contribution >= 4 is 0 Å². The Morgan fingerprint density at radius 1 is 1.41 bits per heavy atom. The fourth-order valence-electron chi connectivity index (χ4n) is 5.47. The Labute approximate surface area is 104 Å². The molecule has 2 saturated carbocycles. The zero-order chi connectivity index (χ0) is 12.3. The Bertz CT molecular complexity index is 334. The van der Waals surface area contributed by atoms with Crippen molar-refractivity contribution in [2.45, 2.75) is 69.1 Å². The highest BCUT2D eigenvalue weighted by Gasteiger charge is 2.65. The maximum absolute atomic E-state index is 9.32. The molecule has 3 heteroatoms. The third kappa shape index (κ3) is 1.59. The Morgan fingerprint density at radius 2 is 2.18 bits per heavy atom. The number of hydrogen-bond acceptors (Lipinski definition) is 3. The lowest BCUT2D eigenvalue weighted by molar-refractivity contribution is -0.299. The van der Waals surface area contributed by atoms with Gasteiger partial charge in [0.1, 0.15) is 0 Å². The monoisotopic (exact) mass is 239 g/mol. The number of ether oxygens (including phenoxy) is 1. The highest BCUT2D eigenvalue weighted by Crippen LogP contribution is 2.61. The average Bonchev–Trinajstić information content (AvgIpc) is 2.12. The first-order valence-corrected chi connectivity index (χ1v) is 7.01. The lowest BCUT2D eigenvalue weighted by atomic mass is 9.49. The Morgan fingerprint density at radius 3 is 2.82 bits per heavy atom. The van der Waals surface area contributed by atoms with Crippen molar-refractivity contribution in [1.82, 2.24) is 0 Å². The predicted molar refractivity (Wildman–Crippen MR) is 66.6 cm³/mol. The molecule has 4 bridgehead atoms. The van der Waals surface area contributed by atoms with E-state index in [9.17, 15) is 5.11 Å². The number of fused-ring (bicyclic) bond motifs is 1. The molecular formula is C14H25NO2. The van der Waals surface area contributed by atoms with Crippen LogP contribution in [0, 0.1) is 11.8 Å². The van der Waals surface area contributed by atoms with E-state index >= 15 is 0 Å². The van der Waals surface area contributed by atoms with E-state index < -0.39 is 0 Å². The van der Waals surface area contributed by atoms with Crippen molar-refractivity contribution < 1.29 is 9.84 Å². The number of aliphatic hydroxyl groups excluding tert-OH is 1. The quantitative estimate of drug-likeness (QED) is 0.773. The van der Waals surface area contributed by atoms with Crippen LogP contribution < -0.4 is 5.73 Å². The molecule has 0 spiro atoms. The summed E-state index contributed by atoms with van der Waals surface area (Å²) in [4.78, 5) is 0. The van der Waals surface area contributed by atoms with Crippen molar-refractivity contribution in [3.8, 4) is 0 Å². The summed E-state index contributed by atoms with van der Waals surface area (Å²) in [5, 5.41) is 9.32. The largest absolute Gasteiger partial charge is 0.396 e. The molecule has 0 radical (unpaired) electrons. The summed E-state index contributed by atoms with van der Waals surface area (Å²) in [5.41, 5.74) is 6.37. The third-order valence-corrected chi connectivity index (χ3v) is 5.45. The van der Waals surface area contributed by atoms with Crippen LogP contribution in [0.25, 0.3) is 0 Å². The summed E-state index contributed by atoms with van der Waals surface area (Å²) >= 11 is 0. The number of aliphatic hydroxyl groups is 1. The van der Waals surface area contributed by atoms with E-state index in [1.165, 1.54) is 12.8 Å². The third-order valence-electron chi connectivity index (χ3n) is 5.45. The first-order chi connectivity index (χ1) is 7.91. The molecule has 2 saturated heterocycles. The molecule has 0 amide bonds. The van der Waals surface area contributed by atoms with E-state index in [0.29, 0.717) is 11.8 Å². The van der Waals surface area contributed by atoms with Crippen LogP contribution in [0.4, 0.5) is 0 Å². The molecule has 4 rings (SSSR count). The van der Waals surface area contributed by atoms with E-state index in [-0.39, 0.29) is 23.3 Å². The summed E-state index contributed by atoms with van der Waals surface area (Å²) in [5.74, 6) is 1.15. The van der Waals surface area contributed by atoms with Crippen LogP contribution in [-0.4, -0.2) is 28.5 Å². The lowest BCUT2D eigenvalue weighted by Crippen LogP contribution is -2.74. The van der Waals surface area contributed by atoms with Gasteiger partial charge in [0.2, 0.25) is 0 Å². The van der Waals surface area contributed by atoms with Gasteiger partial charge in [0.05, 0.1) is 11.2 Å². The molecule has 0 aromatic heterocycles.